The summed E-state index contributed by atoms with van der Waals surface area (Å²) in [5.74, 6) is 0. The van der Waals surface area contributed by atoms with Crippen molar-refractivity contribution in [3.63, 3.8) is 0 Å². The van der Waals surface area contributed by atoms with Crippen LogP contribution < -0.4 is 21.4 Å². The van der Waals surface area contributed by atoms with Crippen LogP contribution in [0.2, 0.25) is 0 Å². The van der Waals surface area contributed by atoms with E-state index in [1.54, 1.807) is 17.4 Å². The van der Waals surface area contributed by atoms with E-state index in [1.807, 2.05) is 113 Å². The molecule has 135 heavy (non-hydrogen) atoms. The number of nitro benzene ring substituents is 2. The third-order valence-electron chi connectivity index (χ3n) is 26.4. The molecule has 650 valence electrons. The lowest BCUT2D eigenvalue weighted by atomic mass is 9.77. The average molecular weight is 1970 g/mol. The second kappa shape index (κ2) is 36.4. The minimum Gasteiger partial charge on any atom is -0.399 e. The van der Waals surface area contributed by atoms with Gasteiger partial charge < -0.3 is 9.31 Å². The van der Waals surface area contributed by atoms with Crippen molar-refractivity contribution in [2.45, 2.75) is 45.3 Å². The van der Waals surface area contributed by atoms with Gasteiger partial charge in [-0.05, 0) is 226 Å². The summed E-state index contributed by atoms with van der Waals surface area (Å²) in [6, 6.07) is 143. The first-order chi connectivity index (χ1) is 66.0. The van der Waals surface area contributed by atoms with E-state index in [1.165, 1.54) is 173 Å². The normalized spacial score (nSPS) is 13.0. The van der Waals surface area contributed by atoms with E-state index >= 15 is 0 Å². The molecular weight excluding hydrogens is 1880 g/mol. The van der Waals surface area contributed by atoms with Crippen molar-refractivity contribution in [3.05, 3.63) is 453 Å². The number of halogens is 2. The minimum atomic E-state index is -0.446. The first kappa shape index (κ1) is 86.9. The molecule has 1 saturated heterocycles. The van der Waals surface area contributed by atoms with Gasteiger partial charge in [0.1, 0.15) is 4.47 Å². The Labute approximate surface area is 813 Å². The van der Waals surface area contributed by atoms with Crippen LogP contribution in [0.15, 0.2) is 421 Å². The predicted octanol–water partition coefficient (Wildman–Crippen LogP) is 34.3. The fourth-order valence-corrected chi connectivity index (χ4v) is 27.9. The number of fused-ring (bicyclic) bond motifs is 29. The van der Waals surface area contributed by atoms with Crippen LogP contribution in [0.5, 0.6) is 0 Å². The van der Waals surface area contributed by atoms with Gasteiger partial charge in [0.2, 0.25) is 0 Å². The maximum atomic E-state index is 12.2. The molecule has 1 aliphatic heterocycles. The Morgan fingerprint density at radius 1 is 0.304 bits per heavy atom. The van der Waals surface area contributed by atoms with Crippen molar-refractivity contribution in [2.24, 2.45) is 0 Å². The Morgan fingerprint density at radius 3 is 1.15 bits per heavy atom. The molecule has 0 spiro atoms. The molecule has 0 saturated carbocycles. The highest BCUT2D eigenvalue weighted by atomic mass is 79.9. The second-order valence-corrected chi connectivity index (χ2v) is 42.8. The Hall–Kier alpha value is -13.5. The summed E-state index contributed by atoms with van der Waals surface area (Å²) in [7, 11) is -0.793. The Kier molecular flexibility index (Phi) is 23.4. The highest BCUT2D eigenvalue weighted by molar-refractivity contribution is 9.11. The van der Waals surface area contributed by atoms with Gasteiger partial charge >= 0.3 is 7.12 Å². The zero-order chi connectivity index (χ0) is 91.7. The average Bonchev–Trinajstić information content (AvgIpc) is 1.55. The van der Waals surface area contributed by atoms with Crippen LogP contribution in [0, 0.1) is 20.2 Å². The number of nitro groups is 2. The van der Waals surface area contributed by atoms with Crippen molar-refractivity contribution in [3.8, 4) is 22.3 Å². The monoisotopic (exact) mass is 1960 g/mol. The molecule has 0 unspecified atom stereocenters. The molecule has 1 fully saturated rings. The summed E-state index contributed by atoms with van der Waals surface area (Å²) < 4.78 is 24.9. The lowest BCUT2D eigenvalue weighted by Gasteiger charge is -2.32. The molecule has 21 aromatic carbocycles. The van der Waals surface area contributed by atoms with E-state index in [9.17, 15) is 20.2 Å². The van der Waals surface area contributed by atoms with Gasteiger partial charge in [-0.3, -0.25) is 20.2 Å². The van der Waals surface area contributed by atoms with Crippen molar-refractivity contribution in [1.82, 2.24) is 0 Å². The van der Waals surface area contributed by atoms with Gasteiger partial charge in [-0.15, -0.1) is 45.3 Å². The Morgan fingerprint density at radius 2 is 0.652 bits per heavy atom. The molecule has 27 rings (SSSR count). The number of hydrogen-bond acceptors (Lipinski definition) is 10. The topological polar surface area (TPSA) is 105 Å². The highest BCUT2D eigenvalue weighted by Crippen LogP contribution is 2.54. The molecule has 0 amide bonds. The fraction of sp³-hybridized carbons (Fsp3) is 0.0588. The third kappa shape index (κ3) is 16.0. The number of hydrogen-bond donors (Lipinski definition) is 0. The number of thiophene rings is 4. The molecule has 16 heteroatoms. The summed E-state index contributed by atoms with van der Waals surface area (Å²) >= 11 is 14.3. The second-order valence-electron chi connectivity index (χ2n) is 34.8. The lowest BCUT2D eigenvalue weighted by Crippen LogP contribution is -2.41. The smallest absolute Gasteiger partial charge is 0.399 e. The molecule has 0 radical (unpaired) electrons. The van der Waals surface area contributed by atoms with E-state index in [-0.39, 0.29) is 34.6 Å². The van der Waals surface area contributed by atoms with Gasteiger partial charge in [-0.2, -0.15) is 0 Å². The molecule has 0 bridgehead atoms. The first-order valence-electron chi connectivity index (χ1n) is 44.8. The summed E-state index contributed by atoms with van der Waals surface area (Å²) in [6.07, 6.45) is 1.02. The largest absolute Gasteiger partial charge is 0.496 e. The molecule has 0 N–H and O–H groups in total. The maximum Gasteiger partial charge on any atom is 0.496 e. The van der Waals surface area contributed by atoms with Crippen molar-refractivity contribution < 1.29 is 19.2 Å². The number of rotatable bonds is 7. The lowest BCUT2D eigenvalue weighted by molar-refractivity contribution is -0.385. The molecule has 0 atom stereocenters. The van der Waals surface area contributed by atoms with Gasteiger partial charge in [-0.25, -0.2) is 0 Å². The van der Waals surface area contributed by atoms with Gasteiger partial charge in [0.05, 0.1) is 36.7 Å². The summed E-state index contributed by atoms with van der Waals surface area (Å²) in [5, 5.41) is 53.9. The maximum absolute atomic E-state index is 12.2. The van der Waals surface area contributed by atoms with Crippen LogP contribution in [0.4, 0.5) is 11.4 Å². The van der Waals surface area contributed by atoms with E-state index < -0.39 is 12.8 Å². The predicted molar refractivity (Wildman–Crippen MR) is 590 cm³/mol. The van der Waals surface area contributed by atoms with Crippen LogP contribution in [0.3, 0.4) is 0 Å². The molecule has 5 heterocycles. The quantitative estimate of drug-likeness (QED) is 0.0681. The fourth-order valence-electron chi connectivity index (χ4n) is 19.4. The van der Waals surface area contributed by atoms with Gasteiger partial charge in [0.15, 0.2) is 0 Å². The first-order valence-corrected chi connectivity index (χ1v) is 51.0. The summed E-state index contributed by atoms with van der Waals surface area (Å²) in [4.78, 5) is 22.2. The van der Waals surface area contributed by atoms with Crippen LogP contribution in [0.25, 0.3) is 178 Å². The SMILES string of the molecule is Brc1cc2ccccc2c2c1sc1ccccc12.CC1(C)OB(c2cc3ccccc3c3c2sc2ccccc23)OC1(C)C.O=[N+]([O-])c1c(-c2cc3ccccc3c3c2sc2ccccc23)ccc2ccccc12.O=[N+]([O-])c1ccc2ccccc2c1Br.c1ccc(P(c2ccccc2)c2ccccc2)cc1.c1ccc2c3c(ccc2c1)-c1c(c2ccccc2c2c1sc1ccccc12)C3. The summed E-state index contributed by atoms with van der Waals surface area (Å²) in [5.41, 5.74) is 8.20. The van der Waals surface area contributed by atoms with Crippen molar-refractivity contribution >= 4 is 281 Å². The van der Waals surface area contributed by atoms with Crippen molar-refractivity contribution in [1.29, 1.82) is 0 Å². The number of benzene rings is 21. The molecule has 2 aliphatic rings. The van der Waals surface area contributed by atoms with E-state index in [0.29, 0.717) is 15.4 Å². The zero-order valence-electron chi connectivity index (χ0n) is 73.7. The number of nitrogens with zero attached hydrogens (tertiary/aromatic N) is 2. The van der Waals surface area contributed by atoms with E-state index in [0.717, 1.165) is 43.7 Å². The van der Waals surface area contributed by atoms with Crippen LogP contribution in [-0.4, -0.2) is 28.2 Å². The molecule has 1 aliphatic carbocycles. The standard InChI is InChI=1S/C27H16S.C26H15NO2S.C22H21BO2S.C18H15P.C16H9BrS.C10H6BrNO2/c1-2-8-17-16(7-1)13-14-20-22(17)15-23-18-9-3-4-10-19(18)25-21-11-5-6-12-24(21)28-27(25)26(20)23;28-27(29)25-19-10-4-1-7-16(19)13-14-20(25)22-15-17-8-2-3-9-18(17)24-21-11-5-6-12-23(21)30-26(22)24;1-21(2)22(3,4)25-23(24-21)17-13-14-9-5-6-10-15(14)19-16-11-7-8-12-18(16)26-20(17)19;1-4-10-16(11-5-1)19(17-12-6-2-7-13-17)18-14-8-3-9-15-18;17-13-9-10-5-1-2-6-11(10)15-12-7-3-4-8-14(12)18-16(13)15;11-10-8-4-2-1-3-7(8)5-6-9(10)12(13)14/h1-14H,15H2;1-15H;5-13H,1-4H3;1-15H;1-9H;1-6H. The van der Waals surface area contributed by atoms with Gasteiger partial charge in [0.25, 0.3) is 11.4 Å². The Balaban J connectivity index is 0.0000000957. The Bertz CT molecular complexity index is 8910. The zero-order valence-corrected chi connectivity index (χ0v) is 81.1. The van der Waals surface area contributed by atoms with Crippen LogP contribution in [-0.2, 0) is 15.7 Å². The minimum absolute atomic E-state index is 0.101. The molecule has 4 aromatic heterocycles. The van der Waals surface area contributed by atoms with Crippen molar-refractivity contribution in [2.75, 3.05) is 0 Å². The molecule has 25 aromatic rings. The molecule has 8 nitrogen and oxygen atoms in total. The van der Waals surface area contributed by atoms with Gasteiger partial charge in [-0.1, -0.05) is 352 Å². The molecular formula is C119H82BBr2N2O6PS4. The van der Waals surface area contributed by atoms with E-state index in [2.05, 4.69) is 381 Å². The van der Waals surface area contributed by atoms with Crippen LogP contribution >= 0.6 is 85.1 Å². The van der Waals surface area contributed by atoms with Gasteiger partial charge in [0, 0.05) is 109 Å². The van der Waals surface area contributed by atoms with E-state index in [4.69, 9.17) is 9.31 Å². The highest BCUT2D eigenvalue weighted by Gasteiger charge is 2.52. The summed E-state index contributed by atoms with van der Waals surface area (Å²) in [6.45, 7) is 8.43. The third-order valence-corrected chi connectivity index (χ3v) is 35.3. The van der Waals surface area contributed by atoms with Crippen LogP contribution in [0.1, 0.15) is 38.8 Å².